The molecule has 0 unspecified atom stereocenters. The number of nitrogens with one attached hydrogen (secondary N) is 1. The zero-order valence-electron chi connectivity index (χ0n) is 12.4. The number of aromatic nitrogens is 2. The van der Waals surface area contributed by atoms with Gasteiger partial charge in [0, 0.05) is 20.1 Å². The van der Waals surface area contributed by atoms with E-state index in [1.807, 2.05) is 42.8 Å². The van der Waals surface area contributed by atoms with E-state index in [0.29, 0.717) is 26.3 Å². The van der Waals surface area contributed by atoms with E-state index in [-0.39, 0.29) is 12.1 Å². The second kappa shape index (κ2) is 5.73. The summed E-state index contributed by atoms with van der Waals surface area (Å²) in [4.78, 5) is 18.6. The van der Waals surface area contributed by atoms with Gasteiger partial charge in [-0.2, -0.15) is 0 Å². The Morgan fingerprint density at radius 2 is 2.05 bits per heavy atom. The van der Waals surface area contributed by atoms with E-state index in [2.05, 4.69) is 10.3 Å². The summed E-state index contributed by atoms with van der Waals surface area (Å²) in [7, 11) is 1.97. The topological polar surface area (TPSA) is 59.4 Å². The Morgan fingerprint density at radius 3 is 2.76 bits per heavy atom. The molecule has 0 spiro atoms. The van der Waals surface area contributed by atoms with Crippen LogP contribution in [0, 0.1) is 0 Å². The molecule has 1 atom stereocenters. The van der Waals surface area contributed by atoms with Crippen molar-refractivity contribution in [2.75, 3.05) is 26.3 Å². The molecule has 6 nitrogen and oxygen atoms in total. The van der Waals surface area contributed by atoms with E-state index in [1.165, 1.54) is 0 Å². The highest BCUT2D eigenvalue weighted by Crippen LogP contribution is 2.19. The highest BCUT2D eigenvalue weighted by molar-refractivity contribution is 5.77. The predicted octanol–water partition coefficient (Wildman–Crippen LogP) is 1.68. The molecule has 2 heterocycles. The van der Waals surface area contributed by atoms with Gasteiger partial charge in [0.25, 0.3) is 0 Å². The van der Waals surface area contributed by atoms with E-state index in [9.17, 15) is 4.79 Å². The highest BCUT2D eigenvalue weighted by atomic mass is 16.5. The summed E-state index contributed by atoms with van der Waals surface area (Å²) < 4.78 is 7.29. The van der Waals surface area contributed by atoms with Gasteiger partial charge in [-0.15, -0.1) is 0 Å². The molecule has 112 valence electrons. The van der Waals surface area contributed by atoms with Crippen LogP contribution in [0.1, 0.15) is 18.8 Å². The van der Waals surface area contributed by atoms with Gasteiger partial charge in [-0.1, -0.05) is 12.1 Å². The smallest absolute Gasteiger partial charge is 0.318 e. The van der Waals surface area contributed by atoms with Crippen molar-refractivity contribution >= 4 is 17.1 Å². The van der Waals surface area contributed by atoms with Crippen molar-refractivity contribution in [3.8, 4) is 0 Å². The molecule has 0 saturated carbocycles. The van der Waals surface area contributed by atoms with Gasteiger partial charge in [-0.3, -0.25) is 0 Å². The van der Waals surface area contributed by atoms with Gasteiger partial charge in [-0.25, -0.2) is 9.78 Å². The Bertz CT molecular complexity index is 646. The Balaban J connectivity index is 1.75. The molecule has 1 aromatic carbocycles. The third-order valence-electron chi connectivity index (χ3n) is 3.85. The minimum atomic E-state index is -0.141. The lowest BCUT2D eigenvalue weighted by Crippen LogP contribution is -2.47. The number of hydrogen-bond acceptors (Lipinski definition) is 3. The van der Waals surface area contributed by atoms with Crippen molar-refractivity contribution in [1.29, 1.82) is 0 Å². The number of fused-ring (bicyclic) bond motifs is 1. The molecule has 2 amide bonds. The number of amides is 2. The van der Waals surface area contributed by atoms with Crippen LogP contribution in [0.4, 0.5) is 4.79 Å². The Morgan fingerprint density at radius 1 is 1.33 bits per heavy atom. The van der Waals surface area contributed by atoms with Gasteiger partial charge in [0.2, 0.25) is 0 Å². The number of carbonyl (C=O) groups is 1. The number of imidazole rings is 1. The van der Waals surface area contributed by atoms with Crippen LogP contribution in [0.5, 0.6) is 0 Å². The molecule has 21 heavy (non-hydrogen) atoms. The number of morpholine rings is 1. The number of nitrogens with zero attached hydrogens (tertiary/aromatic N) is 3. The number of urea groups is 1. The van der Waals surface area contributed by atoms with Gasteiger partial charge in [0.15, 0.2) is 0 Å². The van der Waals surface area contributed by atoms with Crippen LogP contribution in [-0.2, 0) is 11.8 Å². The summed E-state index contributed by atoms with van der Waals surface area (Å²) in [6.45, 7) is 4.45. The molecular formula is C15H20N4O2. The van der Waals surface area contributed by atoms with E-state index in [0.717, 1.165) is 16.9 Å². The molecule has 0 aliphatic carbocycles. The Labute approximate surface area is 123 Å². The maximum atomic E-state index is 12.2. The van der Waals surface area contributed by atoms with Crippen LogP contribution in [-0.4, -0.2) is 46.8 Å². The maximum Gasteiger partial charge on any atom is 0.318 e. The van der Waals surface area contributed by atoms with Gasteiger partial charge >= 0.3 is 6.03 Å². The highest BCUT2D eigenvalue weighted by Gasteiger charge is 2.21. The first-order valence-electron chi connectivity index (χ1n) is 7.21. The normalized spacial score (nSPS) is 17.0. The molecule has 1 aromatic heterocycles. The number of benzene rings is 1. The predicted molar refractivity (Wildman–Crippen MR) is 80.1 cm³/mol. The van der Waals surface area contributed by atoms with Gasteiger partial charge < -0.3 is 19.5 Å². The van der Waals surface area contributed by atoms with Crippen LogP contribution in [0.25, 0.3) is 11.0 Å². The summed E-state index contributed by atoms with van der Waals surface area (Å²) in [5.41, 5.74) is 2.02. The molecule has 1 aliphatic rings. The van der Waals surface area contributed by atoms with Crippen LogP contribution in [0.2, 0.25) is 0 Å². The third-order valence-corrected chi connectivity index (χ3v) is 3.85. The van der Waals surface area contributed by atoms with E-state index >= 15 is 0 Å². The summed E-state index contributed by atoms with van der Waals surface area (Å²) in [5, 5.41) is 3.02. The average Bonchev–Trinajstić information content (AvgIpc) is 2.86. The quantitative estimate of drug-likeness (QED) is 0.914. The van der Waals surface area contributed by atoms with Gasteiger partial charge in [0.1, 0.15) is 5.82 Å². The molecule has 1 saturated heterocycles. The van der Waals surface area contributed by atoms with Crippen molar-refractivity contribution in [2.24, 2.45) is 7.05 Å². The fourth-order valence-corrected chi connectivity index (χ4v) is 2.66. The minimum absolute atomic E-state index is 0.0575. The number of rotatable bonds is 2. The summed E-state index contributed by atoms with van der Waals surface area (Å²) >= 11 is 0. The molecule has 2 aromatic rings. The van der Waals surface area contributed by atoms with Crippen LogP contribution in [0.15, 0.2) is 24.3 Å². The lowest BCUT2D eigenvalue weighted by Gasteiger charge is -2.28. The zero-order valence-corrected chi connectivity index (χ0v) is 12.4. The molecule has 6 heteroatoms. The van der Waals surface area contributed by atoms with Crippen molar-refractivity contribution in [3.05, 3.63) is 30.1 Å². The van der Waals surface area contributed by atoms with Crippen molar-refractivity contribution < 1.29 is 9.53 Å². The van der Waals surface area contributed by atoms with Gasteiger partial charge in [0.05, 0.1) is 30.3 Å². The third kappa shape index (κ3) is 2.71. The first-order valence-corrected chi connectivity index (χ1v) is 7.21. The average molecular weight is 288 g/mol. The van der Waals surface area contributed by atoms with Crippen molar-refractivity contribution in [3.63, 3.8) is 0 Å². The molecule has 1 N–H and O–H groups in total. The summed E-state index contributed by atoms with van der Waals surface area (Å²) in [5.74, 6) is 0.859. The fraction of sp³-hybridized carbons (Fsp3) is 0.467. The second-order valence-electron chi connectivity index (χ2n) is 5.29. The summed E-state index contributed by atoms with van der Waals surface area (Å²) in [6.07, 6.45) is 0. The maximum absolute atomic E-state index is 12.2. The minimum Gasteiger partial charge on any atom is -0.378 e. The van der Waals surface area contributed by atoms with Crippen molar-refractivity contribution in [1.82, 2.24) is 19.8 Å². The fourth-order valence-electron chi connectivity index (χ4n) is 2.66. The number of hydrogen-bond donors (Lipinski definition) is 1. The second-order valence-corrected chi connectivity index (χ2v) is 5.29. The largest absolute Gasteiger partial charge is 0.378 e. The molecule has 1 fully saturated rings. The van der Waals surface area contributed by atoms with Crippen LogP contribution >= 0.6 is 0 Å². The number of carbonyl (C=O) groups excluding carboxylic acids is 1. The first kappa shape index (κ1) is 13.9. The standard InChI is InChI=1S/C15H20N4O2/c1-11(16-15(20)19-7-9-21-10-8-19)14-17-12-5-3-4-6-13(12)18(14)2/h3-6,11H,7-10H2,1-2H3,(H,16,20)/t11-/m1/s1. The van der Waals surface area contributed by atoms with E-state index in [4.69, 9.17) is 4.74 Å². The Kier molecular flexibility index (Phi) is 3.79. The lowest BCUT2D eigenvalue weighted by molar-refractivity contribution is 0.0525. The van der Waals surface area contributed by atoms with E-state index in [1.54, 1.807) is 4.90 Å². The first-order chi connectivity index (χ1) is 10.2. The monoisotopic (exact) mass is 288 g/mol. The molecule has 3 rings (SSSR count). The van der Waals surface area contributed by atoms with Crippen molar-refractivity contribution in [2.45, 2.75) is 13.0 Å². The van der Waals surface area contributed by atoms with Gasteiger partial charge in [-0.05, 0) is 19.1 Å². The zero-order chi connectivity index (χ0) is 14.8. The lowest BCUT2D eigenvalue weighted by atomic mass is 10.3. The molecule has 1 aliphatic heterocycles. The number of para-hydroxylation sites is 2. The van der Waals surface area contributed by atoms with Crippen LogP contribution in [0.3, 0.4) is 0 Å². The SMILES string of the molecule is C[C@@H](NC(=O)N1CCOCC1)c1nc2ccccc2n1C. The summed E-state index contributed by atoms with van der Waals surface area (Å²) in [6, 6.07) is 7.77. The molecular weight excluding hydrogens is 268 g/mol. The number of aryl methyl sites for hydroxylation is 1. The van der Waals surface area contributed by atoms with E-state index < -0.39 is 0 Å². The Hall–Kier alpha value is -2.08. The number of ether oxygens (including phenoxy) is 1. The van der Waals surface area contributed by atoms with Crippen LogP contribution < -0.4 is 5.32 Å². The molecule has 0 bridgehead atoms. The molecule has 0 radical (unpaired) electrons.